The van der Waals surface area contributed by atoms with Crippen LogP contribution in [-0.4, -0.2) is 0 Å². The van der Waals surface area contributed by atoms with E-state index in [0.29, 0.717) is 0 Å². The summed E-state index contributed by atoms with van der Waals surface area (Å²) in [7, 11) is 0. The van der Waals surface area contributed by atoms with E-state index in [1.54, 1.807) is 0 Å². The molecule has 0 atom stereocenters. The Hall–Kier alpha value is -8.72. The normalized spacial score (nSPS) is 11.0. The molecule has 2 nitrogen and oxygen atoms in total. The zero-order valence-electron chi connectivity index (χ0n) is 36.5. The number of nitrogens with zero attached hydrogens (tertiary/aromatic N) is 2. The number of hydrogen-bond donors (Lipinski definition) is 0. The van der Waals surface area contributed by atoms with Crippen LogP contribution in [0.25, 0.3) is 66.4 Å². The highest BCUT2D eigenvalue weighted by atomic mass is 15.1. The molecule has 312 valence electrons. The Balaban J connectivity index is 0.989. The molecule has 0 fully saturated rings. The van der Waals surface area contributed by atoms with Gasteiger partial charge in [0, 0.05) is 34.1 Å². The van der Waals surface area contributed by atoms with Crippen LogP contribution in [0.4, 0.5) is 34.1 Å². The highest BCUT2D eigenvalue weighted by Crippen LogP contribution is 2.43. The third-order valence-corrected chi connectivity index (χ3v) is 12.5. The van der Waals surface area contributed by atoms with Gasteiger partial charge < -0.3 is 9.80 Å². The lowest BCUT2D eigenvalue weighted by Gasteiger charge is -2.27. The summed E-state index contributed by atoms with van der Waals surface area (Å²) in [6.45, 7) is 0. The maximum atomic E-state index is 2.38. The predicted octanol–water partition coefficient (Wildman–Crippen LogP) is 18.1. The molecule has 0 heterocycles. The van der Waals surface area contributed by atoms with Crippen molar-refractivity contribution in [1.82, 2.24) is 0 Å². The predicted molar refractivity (Wildman–Crippen MR) is 280 cm³/mol. The second-order valence-corrected chi connectivity index (χ2v) is 16.5. The minimum atomic E-state index is 1.08. The number of anilines is 6. The van der Waals surface area contributed by atoms with Gasteiger partial charge in [-0.1, -0.05) is 206 Å². The van der Waals surface area contributed by atoms with Gasteiger partial charge in [-0.2, -0.15) is 0 Å². The molecule has 11 aromatic rings. The number of benzene rings is 11. The van der Waals surface area contributed by atoms with Gasteiger partial charge in [0.2, 0.25) is 0 Å². The Bertz CT molecular complexity index is 3340. The van der Waals surface area contributed by atoms with E-state index in [2.05, 4.69) is 289 Å². The smallest absolute Gasteiger partial charge is 0.0468 e. The minimum absolute atomic E-state index is 1.08. The fraction of sp³-hybridized carbons (Fsp3) is 0. The first-order valence-corrected chi connectivity index (χ1v) is 22.6. The van der Waals surface area contributed by atoms with E-state index in [9.17, 15) is 0 Å². The maximum absolute atomic E-state index is 2.38. The van der Waals surface area contributed by atoms with E-state index >= 15 is 0 Å². The van der Waals surface area contributed by atoms with Crippen LogP contribution < -0.4 is 9.80 Å². The van der Waals surface area contributed by atoms with Crippen molar-refractivity contribution in [2.75, 3.05) is 9.80 Å². The van der Waals surface area contributed by atoms with Gasteiger partial charge in [-0.3, -0.25) is 0 Å². The quantitative estimate of drug-likeness (QED) is 0.128. The van der Waals surface area contributed by atoms with E-state index in [-0.39, 0.29) is 0 Å². The second kappa shape index (κ2) is 18.2. The minimum Gasteiger partial charge on any atom is -0.311 e. The summed E-state index contributed by atoms with van der Waals surface area (Å²) < 4.78 is 0. The Morgan fingerprint density at radius 1 is 0.182 bits per heavy atom. The summed E-state index contributed by atoms with van der Waals surface area (Å²) in [5.41, 5.74) is 18.4. The Morgan fingerprint density at radius 2 is 0.515 bits per heavy atom. The fourth-order valence-electron chi connectivity index (χ4n) is 9.18. The molecule has 11 rings (SSSR count). The van der Waals surface area contributed by atoms with Gasteiger partial charge in [0.1, 0.15) is 0 Å². The lowest BCUT2D eigenvalue weighted by molar-refractivity contribution is 1.28. The topological polar surface area (TPSA) is 6.48 Å². The molecule has 2 heteroatoms. The maximum Gasteiger partial charge on any atom is 0.0468 e. The summed E-state index contributed by atoms with van der Waals surface area (Å²) in [5.74, 6) is 0. The molecule has 0 N–H and O–H groups in total. The number of fused-ring (bicyclic) bond motifs is 1. The van der Waals surface area contributed by atoms with Crippen molar-refractivity contribution in [2.45, 2.75) is 0 Å². The lowest BCUT2D eigenvalue weighted by atomic mass is 9.93. The van der Waals surface area contributed by atoms with Crippen molar-refractivity contribution < 1.29 is 0 Å². The van der Waals surface area contributed by atoms with Crippen molar-refractivity contribution in [1.29, 1.82) is 0 Å². The van der Waals surface area contributed by atoms with E-state index in [4.69, 9.17) is 0 Å². The first-order valence-electron chi connectivity index (χ1n) is 22.6. The summed E-state index contributed by atoms with van der Waals surface area (Å²) in [6, 6.07) is 100. The van der Waals surface area contributed by atoms with Crippen molar-refractivity contribution in [3.05, 3.63) is 279 Å². The van der Waals surface area contributed by atoms with Gasteiger partial charge in [-0.25, -0.2) is 0 Å². The molecule has 11 aromatic carbocycles. The van der Waals surface area contributed by atoms with Crippen LogP contribution in [0.3, 0.4) is 0 Å². The van der Waals surface area contributed by atoms with Gasteiger partial charge in [-0.15, -0.1) is 0 Å². The van der Waals surface area contributed by atoms with E-state index in [0.717, 1.165) is 50.8 Å². The average molecular weight is 843 g/mol. The SMILES string of the molecule is c1ccc(-c2ccc(N(c3ccccc3)c3ccc(-c4ccc(N(c5ccc(-c6ccccc6)cc5)c5ccc(-c6cccc7ccccc67)cc5)cc4-c4ccccc4)cc3)cc2)cc1. The van der Waals surface area contributed by atoms with Gasteiger partial charge in [0.25, 0.3) is 0 Å². The largest absolute Gasteiger partial charge is 0.311 e. The van der Waals surface area contributed by atoms with Gasteiger partial charge in [-0.05, 0) is 139 Å². The summed E-state index contributed by atoms with van der Waals surface area (Å²) in [4.78, 5) is 4.70. The van der Waals surface area contributed by atoms with Crippen LogP contribution in [0.2, 0.25) is 0 Å². The first kappa shape index (κ1) is 40.1. The highest BCUT2D eigenvalue weighted by Gasteiger charge is 2.19. The number of para-hydroxylation sites is 1. The Labute approximate surface area is 387 Å². The molecule has 0 unspecified atom stereocenters. The molecule has 0 aliphatic rings. The monoisotopic (exact) mass is 842 g/mol. The van der Waals surface area contributed by atoms with Crippen LogP contribution in [0.15, 0.2) is 279 Å². The van der Waals surface area contributed by atoms with Crippen LogP contribution >= 0.6 is 0 Å². The first-order chi connectivity index (χ1) is 32.7. The number of hydrogen-bond acceptors (Lipinski definition) is 2. The van der Waals surface area contributed by atoms with Crippen molar-refractivity contribution in [3.63, 3.8) is 0 Å². The molecule has 0 saturated heterocycles. The lowest BCUT2D eigenvalue weighted by Crippen LogP contribution is -2.10. The molecule has 66 heavy (non-hydrogen) atoms. The van der Waals surface area contributed by atoms with Crippen molar-refractivity contribution in [3.8, 4) is 55.6 Å². The standard InChI is InChI=1S/C64H46N2/c1-5-16-47(17-6-1)49-28-36-56(37-29-49)65(55-24-11-4-12-25-55)57-40-34-54(35-41-57)63-45-44-60(46-64(63)52-20-9-3-10-21-52)66(58-38-30-50(31-39-58)48-18-7-2-8-19-48)59-42-32-53(33-43-59)62-27-15-23-51-22-13-14-26-61(51)62/h1-46H. The third-order valence-electron chi connectivity index (χ3n) is 12.5. The molecule has 0 amide bonds. The highest BCUT2D eigenvalue weighted by molar-refractivity contribution is 5.97. The van der Waals surface area contributed by atoms with Crippen LogP contribution in [0, 0.1) is 0 Å². The summed E-state index contributed by atoms with van der Waals surface area (Å²) in [5, 5.41) is 2.49. The summed E-state index contributed by atoms with van der Waals surface area (Å²) >= 11 is 0. The number of rotatable bonds is 11. The van der Waals surface area contributed by atoms with E-state index < -0.39 is 0 Å². The molecule has 0 saturated carbocycles. The van der Waals surface area contributed by atoms with Crippen LogP contribution in [-0.2, 0) is 0 Å². The van der Waals surface area contributed by atoms with Gasteiger partial charge >= 0.3 is 0 Å². The zero-order chi connectivity index (χ0) is 44.1. The van der Waals surface area contributed by atoms with Crippen LogP contribution in [0.5, 0.6) is 0 Å². The molecule has 0 bridgehead atoms. The molecule has 0 aliphatic carbocycles. The van der Waals surface area contributed by atoms with E-state index in [1.807, 2.05) is 0 Å². The fourth-order valence-corrected chi connectivity index (χ4v) is 9.18. The van der Waals surface area contributed by atoms with E-state index in [1.165, 1.54) is 49.7 Å². The molecule has 0 radical (unpaired) electrons. The molecular weight excluding hydrogens is 797 g/mol. The Kier molecular flexibility index (Phi) is 11.0. The third kappa shape index (κ3) is 8.16. The zero-order valence-corrected chi connectivity index (χ0v) is 36.5. The van der Waals surface area contributed by atoms with Gasteiger partial charge in [0.05, 0.1) is 0 Å². The Morgan fingerprint density at radius 3 is 1.03 bits per heavy atom. The second-order valence-electron chi connectivity index (χ2n) is 16.5. The molecule has 0 spiro atoms. The molecule has 0 aliphatic heterocycles. The summed E-state index contributed by atoms with van der Waals surface area (Å²) in [6.07, 6.45) is 0. The van der Waals surface area contributed by atoms with Crippen molar-refractivity contribution in [2.24, 2.45) is 0 Å². The molecular formula is C64H46N2. The van der Waals surface area contributed by atoms with Gasteiger partial charge in [0.15, 0.2) is 0 Å². The average Bonchev–Trinajstić information content (AvgIpc) is 3.40. The van der Waals surface area contributed by atoms with Crippen molar-refractivity contribution >= 4 is 44.9 Å². The van der Waals surface area contributed by atoms with Crippen LogP contribution in [0.1, 0.15) is 0 Å². The molecule has 0 aromatic heterocycles.